The maximum atomic E-state index is 5.85. The van der Waals surface area contributed by atoms with E-state index < -0.39 is 0 Å². The van der Waals surface area contributed by atoms with Gasteiger partial charge < -0.3 is 5.73 Å². The van der Waals surface area contributed by atoms with Crippen LogP contribution in [0.15, 0.2) is 0 Å². The van der Waals surface area contributed by atoms with Gasteiger partial charge in [0.2, 0.25) is 0 Å². The van der Waals surface area contributed by atoms with Crippen molar-refractivity contribution in [2.45, 2.75) is 58.4 Å². The molecule has 1 aliphatic carbocycles. The molecule has 66 valence electrons. The maximum Gasteiger partial charge on any atom is 0.00392 e. The number of hydrogen-bond donors (Lipinski definition) is 1. The summed E-state index contributed by atoms with van der Waals surface area (Å²) in [6.07, 6.45) is 7.91. The van der Waals surface area contributed by atoms with Gasteiger partial charge in [0.1, 0.15) is 0 Å². The summed E-state index contributed by atoms with van der Waals surface area (Å²) in [6.45, 7) is 4.70. The molecule has 0 radical (unpaired) electrons. The third-order valence-corrected chi connectivity index (χ3v) is 3.09. The third kappa shape index (κ3) is 2.48. The van der Waals surface area contributed by atoms with Crippen molar-refractivity contribution in [1.82, 2.24) is 0 Å². The Kier molecular flexibility index (Phi) is 2.94. The molecule has 1 rings (SSSR count). The van der Waals surface area contributed by atoms with Crippen LogP contribution in [0.25, 0.3) is 0 Å². The van der Waals surface area contributed by atoms with E-state index in [9.17, 15) is 0 Å². The molecule has 2 N–H and O–H groups in total. The van der Waals surface area contributed by atoms with Crippen LogP contribution in [0.2, 0.25) is 0 Å². The lowest BCUT2D eigenvalue weighted by molar-refractivity contribution is 0.183. The minimum Gasteiger partial charge on any atom is -0.328 e. The first-order valence-corrected chi connectivity index (χ1v) is 4.92. The average molecular weight is 155 g/mol. The van der Waals surface area contributed by atoms with Crippen molar-refractivity contribution in [1.29, 1.82) is 0 Å². The summed E-state index contributed by atoms with van der Waals surface area (Å²) in [5.74, 6) is 0. The Morgan fingerprint density at radius 1 is 1.36 bits per heavy atom. The normalized spacial score (nSPS) is 39.0. The molecule has 0 atom stereocenters. The molecule has 0 aromatic rings. The van der Waals surface area contributed by atoms with Crippen LogP contribution in [-0.4, -0.2) is 6.04 Å². The molecule has 0 aromatic heterocycles. The first kappa shape index (κ1) is 9.05. The molecule has 1 fully saturated rings. The van der Waals surface area contributed by atoms with E-state index in [2.05, 4.69) is 13.8 Å². The fourth-order valence-corrected chi connectivity index (χ4v) is 2.19. The van der Waals surface area contributed by atoms with E-state index in [-0.39, 0.29) is 0 Å². The molecular formula is C10H21N. The van der Waals surface area contributed by atoms with Gasteiger partial charge in [0.15, 0.2) is 0 Å². The first-order valence-electron chi connectivity index (χ1n) is 4.92. The van der Waals surface area contributed by atoms with Gasteiger partial charge >= 0.3 is 0 Å². The van der Waals surface area contributed by atoms with Crippen LogP contribution in [0.4, 0.5) is 0 Å². The Hall–Kier alpha value is -0.0400. The second-order valence-corrected chi connectivity index (χ2v) is 4.40. The smallest absolute Gasteiger partial charge is 0.00392 e. The Bertz CT molecular complexity index is 112. The SMILES string of the molecule is CCCC1(C)CCC(N)CC1. The van der Waals surface area contributed by atoms with Gasteiger partial charge in [-0.1, -0.05) is 20.3 Å². The zero-order valence-electron chi connectivity index (χ0n) is 7.90. The monoisotopic (exact) mass is 155 g/mol. The van der Waals surface area contributed by atoms with Gasteiger partial charge in [-0.2, -0.15) is 0 Å². The summed E-state index contributed by atoms with van der Waals surface area (Å²) in [5.41, 5.74) is 6.48. The van der Waals surface area contributed by atoms with Crippen molar-refractivity contribution >= 4 is 0 Å². The van der Waals surface area contributed by atoms with Gasteiger partial charge in [-0.3, -0.25) is 0 Å². The van der Waals surface area contributed by atoms with Gasteiger partial charge in [0.05, 0.1) is 0 Å². The Morgan fingerprint density at radius 2 is 1.91 bits per heavy atom. The van der Waals surface area contributed by atoms with E-state index in [1.54, 1.807) is 0 Å². The van der Waals surface area contributed by atoms with Crippen LogP contribution < -0.4 is 5.73 Å². The predicted octanol–water partition coefficient (Wildman–Crippen LogP) is 2.69. The average Bonchev–Trinajstić information content (AvgIpc) is 1.97. The summed E-state index contributed by atoms with van der Waals surface area (Å²) in [6, 6.07) is 0.500. The van der Waals surface area contributed by atoms with Crippen molar-refractivity contribution in [2.75, 3.05) is 0 Å². The van der Waals surface area contributed by atoms with E-state index in [1.165, 1.54) is 38.5 Å². The second kappa shape index (κ2) is 3.57. The topological polar surface area (TPSA) is 26.0 Å². The third-order valence-electron chi connectivity index (χ3n) is 3.09. The molecule has 1 heteroatoms. The van der Waals surface area contributed by atoms with Crippen LogP contribution in [0.3, 0.4) is 0 Å². The van der Waals surface area contributed by atoms with Crippen LogP contribution in [0.5, 0.6) is 0 Å². The van der Waals surface area contributed by atoms with Crippen molar-refractivity contribution in [3.05, 3.63) is 0 Å². The van der Waals surface area contributed by atoms with Crippen LogP contribution in [0, 0.1) is 5.41 Å². The highest BCUT2D eigenvalue weighted by molar-refractivity contribution is 4.82. The zero-order chi connectivity index (χ0) is 8.32. The van der Waals surface area contributed by atoms with E-state index in [0.29, 0.717) is 11.5 Å². The summed E-state index contributed by atoms with van der Waals surface area (Å²) < 4.78 is 0. The molecule has 1 aliphatic rings. The number of nitrogens with two attached hydrogens (primary N) is 1. The van der Waals surface area contributed by atoms with E-state index in [0.717, 1.165) is 0 Å². The molecule has 0 spiro atoms. The van der Waals surface area contributed by atoms with Gasteiger partial charge in [-0.05, 0) is 37.5 Å². The lowest BCUT2D eigenvalue weighted by Crippen LogP contribution is -2.31. The predicted molar refractivity (Wildman–Crippen MR) is 49.5 cm³/mol. The Balaban J connectivity index is 2.35. The largest absolute Gasteiger partial charge is 0.328 e. The van der Waals surface area contributed by atoms with Gasteiger partial charge in [0, 0.05) is 6.04 Å². The molecule has 0 amide bonds. The van der Waals surface area contributed by atoms with Gasteiger partial charge in [0.25, 0.3) is 0 Å². The number of rotatable bonds is 2. The number of hydrogen-bond acceptors (Lipinski definition) is 1. The summed E-state index contributed by atoms with van der Waals surface area (Å²) in [7, 11) is 0. The van der Waals surface area contributed by atoms with E-state index in [4.69, 9.17) is 5.73 Å². The molecule has 1 nitrogen and oxygen atoms in total. The van der Waals surface area contributed by atoms with Crippen LogP contribution in [0.1, 0.15) is 52.4 Å². The highest BCUT2D eigenvalue weighted by Crippen LogP contribution is 2.38. The molecule has 0 aromatic carbocycles. The molecule has 0 aliphatic heterocycles. The van der Waals surface area contributed by atoms with Crippen molar-refractivity contribution < 1.29 is 0 Å². The van der Waals surface area contributed by atoms with Crippen molar-refractivity contribution in [2.24, 2.45) is 11.1 Å². The molecule has 0 saturated heterocycles. The highest BCUT2D eigenvalue weighted by Gasteiger charge is 2.28. The quantitative estimate of drug-likeness (QED) is 0.652. The molecule has 0 heterocycles. The fraction of sp³-hybridized carbons (Fsp3) is 1.00. The molecule has 0 unspecified atom stereocenters. The standard InChI is InChI=1S/C10H21N/c1-3-6-10(2)7-4-9(11)5-8-10/h9H,3-8,11H2,1-2H3. The van der Waals surface area contributed by atoms with Crippen LogP contribution >= 0.6 is 0 Å². The molecule has 0 bridgehead atoms. The maximum absolute atomic E-state index is 5.85. The minimum absolute atomic E-state index is 0.500. The zero-order valence-corrected chi connectivity index (χ0v) is 7.90. The summed E-state index contributed by atoms with van der Waals surface area (Å²) >= 11 is 0. The van der Waals surface area contributed by atoms with Gasteiger partial charge in [-0.15, -0.1) is 0 Å². The van der Waals surface area contributed by atoms with Crippen LogP contribution in [-0.2, 0) is 0 Å². The molecular weight excluding hydrogens is 134 g/mol. The molecule has 11 heavy (non-hydrogen) atoms. The van der Waals surface area contributed by atoms with E-state index >= 15 is 0 Å². The lowest BCUT2D eigenvalue weighted by Gasteiger charge is -2.36. The fourth-order valence-electron chi connectivity index (χ4n) is 2.19. The summed E-state index contributed by atoms with van der Waals surface area (Å²) in [5, 5.41) is 0. The minimum atomic E-state index is 0.500. The van der Waals surface area contributed by atoms with Gasteiger partial charge in [-0.25, -0.2) is 0 Å². The summed E-state index contributed by atoms with van der Waals surface area (Å²) in [4.78, 5) is 0. The van der Waals surface area contributed by atoms with E-state index in [1.807, 2.05) is 0 Å². The van der Waals surface area contributed by atoms with Crippen molar-refractivity contribution in [3.8, 4) is 0 Å². The highest BCUT2D eigenvalue weighted by atomic mass is 14.6. The van der Waals surface area contributed by atoms with Crippen molar-refractivity contribution in [3.63, 3.8) is 0 Å². The first-order chi connectivity index (χ1) is 5.16. The molecule has 1 saturated carbocycles. The second-order valence-electron chi connectivity index (χ2n) is 4.40. The Labute approximate surface area is 70.4 Å². The lowest BCUT2D eigenvalue weighted by atomic mass is 9.71. The Morgan fingerprint density at radius 3 is 2.36 bits per heavy atom.